The van der Waals surface area contributed by atoms with E-state index in [9.17, 15) is 9.59 Å². The van der Waals surface area contributed by atoms with Gasteiger partial charge in [-0.05, 0) is 45.4 Å². The molecule has 6 nitrogen and oxygen atoms in total. The van der Waals surface area contributed by atoms with E-state index in [1.54, 1.807) is 19.1 Å². The molecule has 0 fully saturated rings. The fraction of sp³-hybridized carbons (Fsp3) is 0.529. The van der Waals surface area contributed by atoms with Gasteiger partial charge in [0.05, 0.1) is 13.7 Å². The van der Waals surface area contributed by atoms with Crippen LogP contribution in [0.15, 0.2) is 18.2 Å². The number of methoxy groups -OCH3 is 1. The molecule has 1 aromatic rings. The number of hydrogen-bond acceptors (Lipinski definition) is 5. The van der Waals surface area contributed by atoms with Crippen LogP contribution in [0, 0.1) is 0 Å². The van der Waals surface area contributed by atoms with Crippen molar-refractivity contribution in [3.05, 3.63) is 23.8 Å². The van der Waals surface area contributed by atoms with Gasteiger partial charge in [0.1, 0.15) is 16.9 Å². The summed E-state index contributed by atoms with van der Waals surface area (Å²) in [6, 6.07) is 4.85. The third-order valence-electron chi connectivity index (χ3n) is 3.56. The second kappa shape index (κ2) is 8.53. The van der Waals surface area contributed by atoms with Gasteiger partial charge in [0, 0.05) is 12.3 Å². The van der Waals surface area contributed by atoms with Crippen LogP contribution in [0.25, 0.3) is 0 Å². The van der Waals surface area contributed by atoms with Crippen LogP contribution >= 0.6 is 0 Å². The van der Waals surface area contributed by atoms with E-state index in [1.165, 1.54) is 13.2 Å². The third-order valence-corrected chi connectivity index (χ3v) is 3.56. The molecule has 128 valence electrons. The van der Waals surface area contributed by atoms with E-state index in [2.05, 4.69) is 5.32 Å². The van der Waals surface area contributed by atoms with Crippen molar-refractivity contribution in [3.63, 3.8) is 0 Å². The molecule has 1 aromatic carbocycles. The van der Waals surface area contributed by atoms with Crippen LogP contribution in [0.2, 0.25) is 0 Å². The second-order valence-electron chi connectivity index (χ2n) is 5.11. The van der Waals surface area contributed by atoms with Crippen LogP contribution in [0.4, 0.5) is 5.69 Å². The number of carbonyl (C=O) groups excluding carboxylic acids is 2. The van der Waals surface area contributed by atoms with Crippen LogP contribution in [0.5, 0.6) is 5.75 Å². The molecule has 0 aliphatic rings. The van der Waals surface area contributed by atoms with Crippen LogP contribution in [-0.2, 0) is 14.3 Å². The Balaban J connectivity index is 3.05. The second-order valence-corrected chi connectivity index (χ2v) is 5.11. The third kappa shape index (κ3) is 4.69. The molecule has 0 saturated heterocycles. The number of esters is 1. The van der Waals surface area contributed by atoms with E-state index in [0.717, 1.165) is 0 Å². The molecule has 0 aliphatic carbocycles. The van der Waals surface area contributed by atoms with Crippen molar-refractivity contribution < 1.29 is 23.8 Å². The zero-order valence-corrected chi connectivity index (χ0v) is 14.4. The largest absolute Gasteiger partial charge is 0.493 e. The van der Waals surface area contributed by atoms with Crippen LogP contribution in [-0.4, -0.2) is 37.8 Å². The SMILES string of the molecule is CCOc1ccc(NC(=O)[C@](C)(CC)OCC)cc1C(=O)OC. The summed E-state index contributed by atoms with van der Waals surface area (Å²) in [5.41, 5.74) is -0.168. The standard InChI is InChI=1S/C17H25NO5/c1-6-17(4,23-8-3)16(20)18-12-9-10-14(22-7-2)13(11-12)15(19)21-5/h9-11H,6-8H2,1-5H3,(H,18,20)/t17-/m0/s1. The lowest BCUT2D eigenvalue weighted by Gasteiger charge is -2.26. The molecule has 0 heterocycles. The van der Waals surface area contributed by atoms with E-state index in [0.29, 0.717) is 31.1 Å². The van der Waals surface area contributed by atoms with E-state index < -0.39 is 11.6 Å². The average molecular weight is 323 g/mol. The Morgan fingerprint density at radius 2 is 1.87 bits per heavy atom. The molecule has 1 atom stereocenters. The highest BCUT2D eigenvalue weighted by atomic mass is 16.5. The van der Waals surface area contributed by atoms with Crippen molar-refractivity contribution in [1.29, 1.82) is 0 Å². The molecule has 6 heteroatoms. The Morgan fingerprint density at radius 1 is 1.17 bits per heavy atom. The van der Waals surface area contributed by atoms with E-state index in [4.69, 9.17) is 14.2 Å². The number of amides is 1. The monoisotopic (exact) mass is 323 g/mol. The van der Waals surface area contributed by atoms with Crippen molar-refractivity contribution >= 4 is 17.6 Å². The fourth-order valence-corrected chi connectivity index (χ4v) is 2.07. The minimum Gasteiger partial charge on any atom is -0.493 e. The van der Waals surface area contributed by atoms with Gasteiger partial charge in [0.15, 0.2) is 0 Å². The van der Waals surface area contributed by atoms with Crippen molar-refractivity contribution in [1.82, 2.24) is 0 Å². The summed E-state index contributed by atoms with van der Waals surface area (Å²) in [5, 5.41) is 2.78. The van der Waals surface area contributed by atoms with Crippen LogP contribution < -0.4 is 10.1 Å². The summed E-state index contributed by atoms with van der Waals surface area (Å²) < 4.78 is 15.7. The quantitative estimate of drug-likeness (QED) is 0.744. The summed E-state index contributed by atoms with van der Waals surface area (Å²) >= 11 is 0. The minimum atomic E-state index is -0.918. The van der Waals surface area contributed by atoms with Crippen LogP contribution in [0.1, 0.15) is 44.5 Å². The maximum Gasteiger partial charge on any atom is 0.341 e. The molecule has 0 spiro atoms. The highest BCUT2D eigenvalue weighted by Crippen LogP contribution is 2.25. The van der Waals surface area contributed by atoms with Crippen LogP contribution in [0.3, 0.4) is 0 Å². The molecule has 0 aliphatic heterocycles. The first kappa shape index (κ1) is 19.0. The number of carbonyl (C=O) groups is 2. The predicted molar refractivity (Wildman–Crippen MR) is 87.9 cm³/mol. The lowest BCUT2D eigenvalue weighted by atomic mass is 10.0. The van der Waals surface area contributed by atoms with Gasteiger partial charge in [-0.15, -0.1) is 0 Å². The van der Waals surface area contributed by atoms with Gasteiger partial charge in [-0.2, -0.15) is 0 Å². The van der Waals surface area contributed by atoms with Crippen molar-refractivity contribution in [2.24, 2.45) is 0 Å². The van der Waals surface area contributed by atoms with E-state index >= 15 is 0 Å². The average Bonchev–Trinajstić information content (AvgIpc) is 2.55. The Morgan fingerprint density at radius 3 is 2.39 bits per heavy atom. The Hall–Kier alpha value is -2.08. The van der Waals surface area contributed by atoms with Crippen molar-refractivity contribution in [2.75, 3.05) is 25.6 Å². The lowest BCUT2D eigenvalue weighted by molar-refractivity contribution is -0.139. The molecule has 0 unspecified atom stereocenters. The topological polar surface area (TPSA) is 73.9 Å². The van der Waals surface area contributed by atoms with E-state index in [1.807, 2.05) is 20.8 Å². The maximum atomic E-state index is 12.4. The lowest BCUT2D eigenvalue weighted by Crippen LogP contribution is -2.42. The highest BCUT2D eigenvalue weighted by molar-refractivity contribution is 5.99. The smallest absolute Gasteiger partial charge is 0.341 e. The number of benzene rings is 1. The maximum absolute atomic E-state index is 12.4. The van der Waals surface area contributed by atoms with Gasteiger partial charge >= 0.3 is 5.97 Å². The Bertz CT molecular complexity index is 558. The molecule has 1 amide bonds. The fourth-order valence-electron chi connectivity index (χ4n) is 2.07. The Labute approximate surface area is 137 Å². The van der Waals surface area contributed by atoms with Crippen molar-refractivity contribution in [3.8, 4) is 5.75 Å². The first-order chi connectivity index (χ1) is 10.9. The van der Waals surface area contributed by atoms with Gasteiger partial charge < -0.3 is 19.5 Å². The summed E-state index contributed by atoms with van der Waals surface area (Å²) in [7, 11) is 1.30. The van der Waals surface area contributed by atoms with Gasteiger partial charge in [0.2, 0.25) is 0 Å². The zero-order chi connectivity index (χ0) is 17.5. The highest BCUT2D eigenvalue weighted by Gasteiger charge is 2.32. The molecule has 1 rings (SSSR count). The summed E-state index contributed by atoms with van der Waals surface area (Å²) in [5.74, 6) is -0.366. The van der Waals surface area contributed by atoms with Gasteiger partial charge in [-0.3, -0.25) is 4.79 Å². The molecule has 0 aromatic heterocycles. The first-order valence-corrected chi connectivity index (χ1v) is 7.72. The number of rotatable bonds is 8. The number of hydrogen-bond donors (Lipinski definition) is 1. The minimum absolute atomic E-state index is 0.262. The first-order valence-electron chi connectivity index (χ1n) is 7.72. The summed E-state index contributed by atoms with van der Waals surface area (Å²) in [4.78, 5) is 24.3. The van der Waals surface area contributed by atoms with Crippen molar-refractivity contribution in [2.45, 2.75) is 39.7 Å². The molecular weight excluding hydrogens is 298 g/mol. The number of ether oxygens (including phenoxy) is 3. The molecule has 0 bridgehead atoms. The molecule has 0 saturated carbocycles. The molecule has 1 N–H and O–H groups in total. The molecule has 0 radical (unpaired) electrons. The normalized spacial score (nSPS) is 13.1. The van der Waals surface area contributed by atoms with Gasteiger partial charge in [-0.25, -0.2) is 4.79 Å². The summed E-state index contributed by atoms with van der Waals surface area (Å²) in [6.07, 6.45) is 0.535. The van der Waals surface area contributed by atoms with E-state index in [-0.39, 0.29) is 11.5 Å². The van der Waals surface area contributed by atoms with Gasteiger partial charge in [0.25, 0.3) is 5.91 Å². The molecule has 23 heavy (non-hydrogen) atoms. The number of nitrogens with one attached hydrogen (secondary N) is 1. The molecular formula is C17H25NO5. The van der Waals surface area contributed by atoms with Gasteiger partial charge in [-0.1, -0.05) is 6.92 Å². The number of anilines is 1. The Kier molecular flexibility index (Phi) is 7.03. The zero-order valence-electron chi connectivity index (χ0n) is 14.4. The predicted octanol–water partition coefficient (Wildman–Crippen LogP) is 3.02. The summed E-state index contributed by atoms with van der Waals surface area (Å²) in [6.45, 7) is 8.15.